The molecule has 0 aliphatic carbocycles. The summed E-state index contributed by atoms with van der Waals surface area (Å²) >= 11 is 0. The van der Waals surface area contributed by atoms with Gasteiger partial charge in [-0.15, -0.1) is 0 Å². The number of aromatic nitrogens is 1. The van der Waals surface area contributed by atoms with Crippen LogP contribution in [0.15, 0.2) is 24.5 Å². The number of carbonyl (C=O) groups excluding carboxylic acids is 1. The first-order chi connectivity index (χ1) is 10.3. The Balaban J connectivity index is 2.12. The molecule has 0 unspecified atom stereocenters. The lowest BCUT2D eigenvalue weighted by molar-refractivity contribution is -0.144. The number of rotatable bonds is 2. The van der Waals surface area contributed by atoms with Gasteiger partial charge in [0.25, 0.3) is 0 Å². The van der Waals surface area contributed by atoms with Crippen molar-refractivity contribution in [2.24, 2.45) is 5.92 Å². The van der Waals surface area contributed by atoms with E-state index in [9.17, 15) is 14.7 Å². The lowest BCUT2D eigenvalue weighted by atomic mass is 9.81. The van der Waals surface area contributed by atoms with Crippen LogP contribution in [-0.4, -0.2) is 45.7 Å². The van der Waals surface area contributed by atoms with Crippen molar-refractivity contribution >= 4 is 12.1 Å². The maximum Gasteiger partial charge on any atom is 0.410 e. The molecule has 2 heterocycles. The summed E-state index contributed by atoms with van der Waals surface area (Å²) in [6.45, 7) is 6.04. The predicted octanol–water partition coefficient (Wildman–Crippen LogP) is 2.51. The summed E-state index contributed by atoms with van der Waals surface area (Å²) in [4.78, 5) is 29.2. The van der Waals surface area contributed by atoms with Gasteiger partial charge in [0.15, 0.2) is 0 Å². The number of likely N-dealkylation sites (tertiary alicyclic amines) is 1. The highest BCUT2D eigenvalue weighted by Crippen LogP contribution is 2.33. The van der Waals surface area contributed by atoms with Gasteiger partial charge in [-0.2, -0.15) is 0 Å². The highest BCUT2D eigenvalue weighted by molar-refractivity contribution is 5.74. The zero-order valence-electron chi connectivity index (χ0n) is 13.2. The van der Waals surface area contributed by atoms with E-state index in [0.717, 1.165) is 5.56 Å². The molecule has 0 bridgehead atoms. The van der Waals surface area contributed by atoms with E-state index < -0.39 is 23.6 Å². The van der Waals surface area contributed by atoms with E-state index in [4.69, 9.17) is 4.74 Å². The number of piperidine rings is 1. The molecule has 1 saturated heterocycles. The molecule has 2 atom stereocenters. The number of aliphatic carboxylic acids is 1. The zero-order valence-corrected chi connectivity index (χ0v) is 13.2. The summed E-state index contributed by atoms with van der Waals surface area (Å²) in [6, 6.07) is 3.67. The molecule has 1 aliphatic heterocycles. The van der Waals surface area contributed by atoms with Crippen LogP contribution < -0.4 is 0 Å². The van der Waals surface area contributed by atoms with E-state index >= 15 is 0 Å². The van der Waals surface area contributed by atoms with Gasteiger partial charge in [-0.05, 0) is 44.9 Å². The number of carbonyl (C=O) groups is 2. The van der Waals surface area contributed by atoms with Crippen molar-refractivity contribution in [3.05, 3.63) is 30.1 Å². The Labute approximate surface area is 130 Å². The van der Waals surface area contributed by atoms with E-state index in [1.54, 1.807) is 33.2 Å². The van der Waals surface area contributed by atoms with Crippen molar-refractivity contribution in [1.29, 1.82) is 0 Å². The second-order valence-electron chi connectivity index (χ2n) is 6.55. The van der Waals surface area contributed by atoms with Crippen molar-refractivity contribution in [1.82, 2.24) is 9.88 Å². The highest BCUT2D eigenvalue weighted by Gasteiger charge is 2.38. The van der Waals surface area contributed by atoms with E-state index in [-0.39, 0.29) is 12.5 Å². The van der Waals surface area contributed by atoms with E-state index in [1.807, 2.05) is 12.1 Å². The maximum absolute atomic E-state index is 12.1. The fraction of sp³-hybridized carbons (Fsp3) is 0.562. The first kappa shape index (κ1) is 16.3. The Hall–Kier alpha value is -2.11. The van der Waals surface area contributed by atoms with Crippen LogP contribution in [0, 0.1) is 5.92 Å². The summed E-state index contributed by atoms with van der Waals surface area (Å²) in [5, 5.41) is 9.51. The van der Waals surface area contributed by atoms with Gasteiger partial charge in [0.1, 0.15) is 5.60 Å². The Kier molecular flexibility index (Phi) is 4.68. The molecule has 0 saturated carbocycles. The fourth-order valence-corrected chi connectivity index (χ4v) is 2.70. The van der Waals surface area contributed by atoms with Crippen LogP contribution in [0.2, 0.25) is 0 Å². The number of amides is 1. The minimum absolute atomic E-state index is 0.112. The van der Waals surface area contributed by atoms with Gasteiger partial charge in [-0.3, -0.25) is 9.78 Å². The number of carboxylic acid groups (broad SMARTS) is 1. The molecule has 6 heteroatoms. The third-order valence-electron chi connectivity index (χ3n) is 3.72. The van der Waals surface area contributed by atoms with Crippen LogP contribution in [0.25, 0.3) is 0 Å². The van der Waals surface area contributed by atoms with Crippen LogP contribution >= 0.6 is 0 Å². The summed E-state index contributed by atoms with van der Waals surface area (Å²) in [5.74, 6) is -1.64. The summed E-state index contributed by atoms with van der Waals surface area (Å²) in [7, 11) is 0. The monoisotopic (exact) mass is 306 g/mol. The lowest BCUT2D eigenvalue weighted by Gasteiger charge is -2.37. The molecular weight excluding hydrogens is 284 g/mol. The van der Waals surface area contributed by atoms with Crippen LogP contribution in [0.1, 0.15) is 38.7 Å². The first-order valence-corrected chi connectivity index (χ1v) is 7.38. The van der Waals surface area contributed by atoms with E-state index in [2.05, 4.69) is 4.98 Å². The van der Waals surface area contributed by atoms with Gasteiger partial charge in [-0.1, -0.05) is 0 Å². The lowest BCUT2D eigenvalue weighted by Crippen LogP contribution is -2.47. The molecule has 1 fully saturated rings. The zero-order chi connectivity index (χ0) is 16.3. The second-order valence-corrected chi connectivity index (χ2v) is 6.55. The molecule has 120 valence electrons. The minimum atomic E-state index is -0.893. The molecule has 1 aliphatic rings. The van der Waals surface area contributed by atoms with E-state index in [1.165, 1.54) is 4.90 Å². The SMILES string of the molecule is CC(C)(C)OC(=O)N1CC[C@@H](c2ccncc2)[C@H](C(=O)O)C1. The highest BCUT2D eigenvalue weighted by atomic mass is 16.6. The molecule has 22 heavy (non-hydrogen) atoms. The summed E-state index contributed by atoms with van der Waals surface area (Å²) < 4.78 is 5.33. The Morgan fingerprint density at radius 2 is 1.95 bits per heavy atom. The fourth-order valence-electron chi connectivity index (χ4n) is 2.70. The van der Waals surface area contributed by atoms with Gasteiger partial charge >= 0.3 is 12.1 Å². The average molecular weight is 306 g/mol. The van der Waals surface area contributed by atoms with Gasteiger partial charge in [0, 0.05) is 31.4 Å². The largest absolute Gasteiger partial charge is 0.481 e. The summed E-state index contributed by atoms with van der Waals surface area (Å²) in [5.41, 5.74) is 0.365. The standard InChI is InChI=1S/C16H22N2O4/c1-16(2,3)22-15(21)18-9-6-12(13(10-18)14(19)20)11-4-7-17-8-5-11/h4-5,7-8,12-13H,6,9-10H2,1-3H3,(H,19,20)/t12-,13+/m0/s1. The Morgan fingerprint density at radius 1 is 1.32 bits per heavy atom. The Morgan fingerprint density at radius 3 is 2.50 bits per heavy atom. The third-order valence-corrected chi connectivity index (χ3v) is 3.72. The van der Waals surface area contributed by atoms with Gasteiger partial charge in [0.05, 0.1) is 5.92 Å². The third kappa shape index (κ3) is 3.96. The molecule has 1 N–H and O–H groups in total. The number of pyridine rings is 1. The van der Waals surface area contributed by atoms with Crippen molar-refractivity contribution < 1.29 is 19.4 Å². The van der Waals surface area contributed by atoms with Crippen LogP contribution in [0.3, 0.4) is 0 Å². The van der Waals surface area contributed by atoms with Gasteiger partial charge in [-0.25, -0.2) is 4.79 Å². The first-order valence-electron chi connectivity index (χ1n) is 7.38. The number of nitrogens with zero attached hydrogens (tertiary/aromatic N) is 2. The molecule has 2 rings (SSSR count). The number of ether oxygens (including phenoxy) is 1. The van der Waals surface area contributed by atoms with Gasteiger partial charge in [0.2, 0.25) is 0 Å². The van der Waals surface area contributed by atoms with Crippen molar-refractivity contribution in [2.45, 2.75) is 38.7 Å². The molecule has 0 spiro atoms. The van der Waals surface area contributed by atoms with Gasteiger partial charge < -0.3 is 14.7 Å². The normalized spacial score (nSPS) is 22.2. The molecular formula is C16H22N2O4. The average Bonchev–Trinajstić information content (AvgIpc) is 2.45. The van der Waals surface area contributed by atoms with E-state index in [0.29, 0.717) is 13.0 Å². The van der Waals surface area contributed by atoms with Crippen molar-refractivity contribution in [2.75, 3.05) is 13.1 Å². The smallest absolute Gasteiger partial charge is 0.410 e. The number of carboxylic acids is 1. The molecule has 1 aromatic heterocycles. The minimum Gasteiger partial charge on any atom is -0.481 e. The topological polar surface area (TPSA) is 79.7 Å². The molecule has 1 aromatic rings. The number of hydrogen-bond donors (Lipinski definition) is 1. The van der Waals surface area contributed by atoms with Crippen LogP contribution in [-0.2, 0) is 9.53 Å². The molecule has 0 aromatic carbocycles. The molecule has 6 nitrogen and oxygen atoms in total. The predicted molar refractivity (Wildman–Crippen MR) is 80.5 cm³/mol. The van der Waals surface area contributed by atoms with Crippen LogP contribution in [0.5, 0.6) is 0 Å². The maximum atomic E-state index is 12.1. The summed E-state index contributed by atoms with van der Waals surface area (Å²) in [6.07, 6.45) is 3.47. The molecule has 0 radical (unpaired) electrons. The molecule has 1 amide bonds. The van der Waals surface area contributed by atoms with Crippen molar-refractivity contribution in [3.8, 4) is 0 Å². The van der Waals surface area contributed by atoms with Crippen LogP contribution in [0.4, 0.5) is 4.79 Å². The second kappa shape index (κ2) is 6.34. The quantitative estimate of drug-likeness (QED) is 0.908. The van der Waals surface area contributed by atoms with Crippen molar-refractivity contribution in [3.63, 3.8) is 0 Å². The Bertz CT molecular complexity index is 539. The number of hydrogen-bond acceptors (Lipinski definition) is 4.